The lowest BCUT2D eigenvalue weighted by atomic mass is 9.54. The predicted octanol–water partition coefficient (Wildman–Crippen LogP) is 28.7. The van der Waals surface area contributed by atoms with Crippen LogP contribution in [0.4, 0.5) is 26.3 Å². The first-order valence-electron chi connectivity index (χ1n) is 46.2. The van der Waals surface area contributed by atoms with Crippen LogP contribution in [0.1, 0.15) is 227 Å². The zero-order valence-electron chi connectivity index (χ0n) is 79.3. The van der Waals surface area contributed by atoms with Gasteiger partial charge in [-0.25, -0.2) is 14.4 Å². The van der Waals surface area contributed by atoms with Crippen LogP contribution in [0.15, 0.2) is 317 Å². The first kappa shape index (κ1) is 120. The van der Waals surface area contributed by atoms with Gasteiger partial charge in [-0.15, -0.1) is 0 Å². The normalized spacial score (nSPS) is 19.2. The number of rotatable bonds is 24. The molecule has 18 rings (SSSR count). The summed E-state index contributed by atoms with van der Waals surface area (Å²) < 4.78 is 105. The minimum Gasteiger partial charge on any atom is -0.691 e. The second-order valence-corrected chi connectivity index (χ2v) is 36.9. The topological polar surface area (TPSA) is 203 Å². The molecule has 131 heavy (non-hydrogen) atoms. The minimum atomic E-state index is -3.94. The highest BCUT2D eigenvalue weighted by Crippen LogP contribution is 2.58. The third kappa shape index (κ3) is 40.7. The van der Waals surface area contributed by atoms with Crippen LogP contribution < -0.4 is 15.8 Å². The van der Waals surface area contributed by atoms with Crippen LogP contribution in [-0.2, 0) is 89.4 Å². The highest BCUT2D eigenvalue weighted by molar-refractivity contribution is 7.98. The molecule has 8 bridgehead atoms. The number of hydrogen-bond donors (Lipinski definition) is 0. The maximum Gasteiger partial charge on any atom is 0.415 e. The Balaban J connectivity index is 0.000000514. The number of carbonyl (C=O) groups is 3. The van der Waals surface area contributed by atoms with Gasteiger partial charge < -0.3 is 30.0 Å². The van der Waals surface area contributed by atoms with Gasteiger partial charge in [0.05, 0.1) is 32.7 Å². The van der Waals surface area contributed by atoms with E-state index < -0.39 is 87.6 Å². The van der Waals surface area contributed by atoms with Gasteiger partial charge in [-0.1, -0.05) is 295 Å². The average molecular weight is 1940 g/mol. The van der Waals surface area contributed by atoms with Crippen molar-refractivity contribution >= 4 is 86.7 Å². The molecular formula is C104H140F6O15S6. The van der Waals surface area contributed by atoms with Gasteiger partial charge in [0.2, 0.25) is 0 Å². The fraction of sp³-hybridized carbons (Fsp3) is 0.452. The molecule has 9 aromatic carbocycles. The van der Waals surface area contributed by atoms with E-state index in [4.69, 9.17) is 9.47 Å². The molecule has 724 valence electrons. The summed E-state index contributed by atoms with van der Waals surface area (Å²) in [5.41, 5.74) is -0.742. The van der Waals surface area contributed by atoms with Crippen molar-refractivity contribution in [3.63, 3.8) is 0 Å². The number of carbonyl (C=O) groups excluding carboxylic acids is 3. The molecule has 9 aliphatic carbocycles. The van der Waals surface area contributed by atoms with E-state index in [2.05, 4.69) is 306 Å². The van der Waals surface area contributed by atoms with Crippen molar-refractivity contribution < 1.29 is 98.8 Å². The van der Waals surface area contributed by atoms with Crippen LogP contribution in [0.2, 0.25) is 0 Å². The summed E-state index contributed by atoms with van der Waals surface area (Å²) in [6.45, 7) is 36.0. The highest BCUT2D eigenvalue weighted by atomic mass is 32.2. The Morgan fingerprint density at radius 2 is 0.489 bits per heavy atom. The monoisotopic (exact) mass is 1930 g/mol. The lowest BCUT2D eigenvalue weighted by Crippen LogP contribution is -2.54. The summed E-state index contributed by atoms with van der Waals surface area (Å²) in [4.78, 5) is 46.4. The van der Waals surface area contributed by atoms with Crippen LogP contribution in [0.3, 0.4) is 0 Å². The SMILES string of the molecule is CC.CC.CC.CC.CC.CC.CC.CC.CC.O=C(OC12CC3CC(CC(C3)C1)C2)C(F)(F)SOO[O-].O=C(OC1C2CC3CC(C2)CC1C3)C(F)(F)SOO[O-].O=C(OC1CCCCC1)C(F)(F)SOO[O-].c1ccc([S+](c2ccccc2)c2ccccc2)cc1.c1ccc([S+](c2ccccc2)c2ccccc2)cc1.c1ccc([S+](c2ccccc2)c2ccccc2)cc1. The summed E-state index contributed by atoms with van der Waals surface area (Å²) in [6.07, 6.45) is 13.5. The van der Waals surface area contributed by atoms with Gasteiger partial charge in [0.25, 0.3) is 0 Å². The molecule has 0 spiro atoms. The molecule has 0 unspecified atom stereocenters. The van der Waals surface area contributed by atoms with Gasteiger partial charge >= 0.3 is 33.7 Å². The van der Waals surface area contributed by atoms with Gasteiger partial charge in [-0.3, -0.25) is 15.1 Å². The second-order valence-electron chi connectivity index (χ2n) is 28.4. The van der Waals surface area contributed by atoms with E-state index in [9.17, 15) is 56.5 Å². The first-order chi connectivity index (χ1) is 63.8. The van der Waals surface area contributed by atoms with Crippen molar-refractivity contribution in [1.82, 2.24) is 0 Å². The Morgan fingerprint density at radius 1 is 0.290 bits per heavy atom. The number of alkyl halides is 6. The zero-order valence-corrected chi connectivity index (χ0v) is 84.2. The third-order valence-corrected chi connectivity index (χ3v) is 28.7. The van der Waals surface area contributed by atoms with E-state index >= 15 is 0 Å². The zero-order chi connectivity index (χ0) is 97.5. The van der Waals surface area contributed by atoms with Gasteiger partial charge in [0.1, 0.15) is 53.9 Å². The molecule has 9 fully saturated rings. The lowest BCUT2D eigenvalue weighted by molar-refractivity contribution is -0.777. The smallest absolute Gasteiger partial charge is 0.415 e. The quantitative estimate of drug-likeness (QED) is 0.0105. The van der Waals surface area contributed by atoms with Crippen molar-refractivity contribution in [2.75, 3.05) is 0 Å². The van der Waals surface area contributed by atoms with E-state index in [-0.39, 0.29) is 44.5 Å². The average Bonchev–Trinajstić information content (AvgIpc) is 0.787. The van der Waals surface area contributed by atoms with E-state index in [1.165, 1.54) is 50.5 Å². The minimum absolute atomic E-state index is 0.0146. The highest BCUT2D eigenvalue weighted by Gasteiger charge is 2.57. The third-order valence-electron chi connectivity index (χ3n) is 20.5. The van der Waals surface area contributed by atoms with E-state index in [1.807, 2.05) is 125 Å². The summed E-state index contributed by atoms with van der Waals surface area (Å²) >= 11 is -1.92. The molecule has 27 heteroatoms. The van der Waals surface area contributed by atoms with Gasteiger partial charge in [-0.2, -0.15) is 39.3 Å². The molecule has 0 atom stereocenters. The van der Waals surface area contributed by atoms with Crippen molar-refractivity contribution in [2.24, 2.45) is 41.4 Å². The number of hydrogen-bond acceptors (Lipinski definition) is 18. The first-order valence-corrected chi connectivity index (χ1v) is 52.1. The molecule has 0 aromatic heterocycles. The number of halogens is 6. The van der Waals surface area contributed by atoms with Crippen LogP contribution in [0.25, 0.3) is 0 Å². The Morgan fingerprint density at radius 3 is 0.702 bits per heavy atom. The fourth-order valence-electron chi connectivity index (χ4n) is 16.6. The van der Waals surface area contributed by atoms with Gasteiger partial charge in [0.15, 0.2) is 44.1 Å². The maximum absolute atomic E-state index is 13.4. The van der Waals surface area contributed by atoms with Gasteiger partial charge in [-0.05, 0) is 247 Å². The molecular weight excluding hydrogens is 1800 g/mol. The number of ether oxygens (including phenoxy) is 3. The van der Waals surface area contributed by atoms with Crippen LogP contribution in [-0.4, -0.2) is 51.5 Å². The van der Waals surface area contributed by atoms with Gasteiger partial charge in [0, 0.05) is 0 Å². The number of esters is 3. The molecule has 0 heterocycles. The fourth-order valence-corrected chi connectivity index (χ4v) is 23.6. The molecule has 9 aromatic rings. The summed E-state index contributed by atoms with van der Waals surface area (Å²) in [7, 11) is -0.0439. The van der Waals surface area contributed by atoms with Crippen LogP contribution in [0.5, 0.6) is 0 Å². The van der Waals surface area contributed by atoms with Crippen molar-refractivity contribution in [2.45, 2.75) is 305 Å². The predicted molar refractivity (Wildman–Crippen MR) is 518 cm³/mol. The van der Waals surface area contributed by atoms with E-state index in [0.29, 0.717) is 61.7 Å². The summed E-state index contributed by atoms with van der Waals surface area (Å²) in [5, 5.41) is 25.1. The molecule has 0 aliphatic heterocycles. The maximum atomic E-state index is 13.4. The molecule has 15 nitrogen and oxygen atoms in total. The molecule has 0 radical (unpaired) electrons. The molecule has 9 saturated carbocycles. The molecule has 0 amide bonds. The standard InChI is InChI=1S/3C18H15S.2C12H16F2O5S.C8H12F2O5S.9C2H6/c3*1-4-10-16(11-5-1)19(17-12-6-2-7-13-17)18-14-8-3-9-15-18;13-12(14,20-19-18-16)10(15)17-11-4-7-1-8(5-11)3-9(2-7)6-11;13-12(14,20-19-18-16)11(15)17-10-8-2-6-1-7(4-8)5-9(10)3-6;9-8(10,16-15-14-12)7(11)13-6-4-2-1-3-5-6;9*1-2/h3*1-15H;7-9,16H,1-6H2;6-10,16H,1-5H2;6,12H,1-5H2;9*1-2H3/q3*+1;;;;;;;;;;;;/p-3. The van der Waals surface area contributed by atoms with Crippen molar-refractivity contribution in [3.8, 4) is 0 Å². The second kappa shape index (κ2) is 69.5. The number of benzene rings is 9. The molecule has 0 N–H and O–H groups in total. The Labute approximate surface area is 799 Å². The Kier molecular flexibility index (Phi) is 63.6. The van der Waals surface area contributed by atoms with Crippen LogP contribution in [0, 0.1) is 41.4 Å². The van der Waals surface area contributed by atoms with E-state index in [1.54, 1.807) is 0 Å². The Bertz CT molecular complexity index is 3670. The lowest BCUT2D eigenvalue weighted by Gasteiger charge is -2.55. The van der Waals surface area contributed by atoms with Crippen molar-refractivity contribution in [3.05, 3.63) is 273 Å². The van der Waals surface area contributed by atoms with Crippen LogP contribution >= 0.6 is 36.1 Å². The summed E-state index contributed by atoms with van der Waals surface area (Å²) in [6, 6.07) is 96.5. The molecule has 0 saturated heterocycles. The summed E-state index contributed by atoms with van der Waals surface area (Å²) in [5.74, 6) is -1.83. The Hall–Kier alpha value is -7.29. The largest absolute Gasteiger partial charge is 0.691 e. The van der Waals surface area contributed by atoms with Crippen molar-refractivity contribution in [1.29, 1.82) is 0 Å². The van der Waals surface area contributed by atoms with E-state index in [0.717, 1.165) is 64.2 Å². The molecule has 9 aliphatic rings.